The molecule has 18 heavy (non-hydrogen) atoms. The van der Waals surface area contributed by atoms with Crippen molar-refractivity contribution in [3.8, 4) is 11.8 Å². The molecule has 0 spiro atoms. The molecule has 0 unspecified atom stereocenters. The molecule has 1 aromatic heterocycles. The van der Waals surface area contributed by atoms with Gasteiger partial charge in [0.05, 0.1) is 17.8 Å². The molecule has 0 radical (unpaired) electrons. The molecule has 0 aliphatic carbocycles. The molecule has 4 nitrogen and oxygen atoms in total. The van der Waals surface area contributed by atoms with Crippen molar-refractivity contribution in [3.63, 3.8) is 0 Å². The number of aromatic nitrogens is 2. The molecule has 0 fully saturated rings. The second kappa shape index (κ2) is 7.46. The lowest BCUT2D eigenvalue weighted by Gasteiger charge is -2.07. The number of rotatable bonds is 4. The molecule has 0 atom stereocenters. The van der Waals surface area contributed by atoms with Crippen LogP contribution < -0.4 is 11.5 Å². The van der Waals surface area contributed by atoms with Gasteiger partial charge in [-0.05, 0) is 13.3 Å². The van der Waals surface area contributed by atoms with Crippen LogP contribution in [0.1, 0.15) is 37.4 Å². The number of nitrogens with two attached hydrogens (primary N) is 2. The first kappa shape index (κ1) is 14.2. The van der Waals surface area contributed by atoms with Gasteiger partial charge < -0.3 is 11.5 Å². The number of unbranched alkanes of at least 4 members (excludes halogenated alkanes) is 2. The highest BCUT2D eigenvalue weighted by molar-refractivity contribution is 5.84. The van der Waals surface area contributed by atoms with Crippen molar-refractivity contribution in [3.05, 3.63) is 23.7 Å². The second-order valence-electron chi connectivity index (χ2n) is 3.99. The quantitative estimate of drug-likeness (QED) is 0.626. The van der Waals surface area contributed by atoms with Crippen molar-refractivity contribution < 1.29 is 0 Å². The predicted octanol–water partition coefficient (Wildman–Crippen LogP) is 1.90. The molecular formula is C14H20N4. The highest BCUT2D eigenvalue weighted by atomic mass is 14.9. The molecule has 0 aliphatic rings. The van der Waals surface area contributed by atoms with Gasteiger partial charge in [-0.15, -0.1) is 0 Å². The normalized spacial score (nSPS) is 10.9. The lowest BCUT2D eigenvalue weighted by atomic mass is 10.0. The van der Waals surface area contributed by atoms with E-state index in [1.165, 1.54) is 6.33 Å². The summed E-state index contributed by atoms with van der Waals surface area (Å²) in [6.07, 6.45) is 6.80. The molecule has 4 heteroatoms. The van der Waals surface area contributed by atoms with Crippen molar-refractivity contribution >= 4 is 11.4 Å². The fourth-order valence-corrected chi connectivity index (χ4v) is 1.64. The molecule has 1 aromatic rings. The molecule has 0 saturated heterocycles. The van der Waals surface area contributed by atoms with Crippen molar-refractivity contribution in [2.45, 2.75) is 33.1 Å². The van der Waals surface area contributed by atoms with Gasteiger partial charge in [0.1, 0.15) is 12.1 Å². The van der Waals surface area contributed by atoms with Crippen LogP contribution in [0.3, 0.4) is 0 Å². The first-order valence-electron chi connectivity index (χ1n) is 6.17. The fourth-order valence-electron chi connectivity index (χ4n) is 1.64. The number of nitrogen functional groups attached to an aromatic ring is 1. The molecule has 0 aromatic carbocycles. The zero-order chi connectivity index (χ0) is 13.4. The zero-order valence-electron chi connectivity index (χ0n) is 11.0. The largest absolute Gasteiger partial charge is 0.383 e. The molecule has 0 aliphatic heterocycles. The molecule has 0 saturated carbocycles. The van der Waals surface area contributed by atoms with Crippen LogP contribution in [0.5, 0.6) is 0 Å². The molecule has 1 heterocycles. The minimum atomic E-state index is 0.331. The van der Waals surface area contributed by atoms with E-state index in [0.717, 1.165) is 36.1 Å². The van der Waals surface area contributed by atoms with Gasteiger partial charge in [-0.1, -0.05) is 37.7 Å². The van der Waals surface area contributed by atoms with Crippen LogP contribution in [-0.4, -0.2) is 16.5 Å². The van der Waals surface area contributed by atoms with Crippen molar-refractivity contribution in [2.75, 3.05) is 12.3 Å². The van der Waals surface area contributed by atoms with E-state index in [4.69, 9.17) is 11.5 Å². The van der Waals surface area contributed by atoms with E-state index in [1.807, 2.05) is 6.92 Å². The van der Waals surface area contributed by atoms with E-state index in [9.17, 15) is 0 Å². The number of aryl methyl sites for hydroxylation is 1. The molecule has 96 valence electrons. The van der Waals surface area contributed by atoms with Gasteiger partial charge in [0.15, 0.2) is 0 Å². The maximum absolute atomic E-state index is 5.91. The van der Waals surface area contributed by atoms with Gasteiger partial charge >= 0.3 is 0 Å². The van der Waals surface area contributed by atoms with Crippen molar-refractivity contribution in [2.24, 2.45) is 5.73 Å². The van der Waals surface area contributed by atoms with Crippen LogP contribution in [-0.2, 0) is 0 Å². The Bertz CT molecular complexity index is 460. The molecular weight excluding hydrogens is 224 g/mol. The Kier molecular flexibility index (Phi) is 5.89. The maximum atomic E-state index is 5.91. The standard InChI is InChI=1S/C14H20N4/c1-3-4-5-7-12(8-6-9-15)13-11(2)17-10-18-14(13)16/h7,10H,3-5,9,15H2,1-2H3,(H2,16,17,18)/b12-7-. The van der Waals surface area contributed by atoms with Crippen LogP contribution in [0.4, 0.5) is 5.82 Å². The summed E-state index contributed by atoms with van der Waals surface area (Å²) in [7, 11) is 0. The second-order valence-corrected chi connectivity index (χ2v) is 3.99. The van der Waals surface area contributed by atoms with Crippen molar-refractivity contribution in [1.29, 1.82) is 0 Å². The van der Waals surface area contributed by atoms with E-state index in [2.05, 4.69) is 34.8 Å². The summed E-state index contributed by atoms with van der Waals surface area (Å²) in [6, 6.07) is 0. The lowest BCUT2D eigenvalue weighted by Crippen LogP contribution is -2.02. The number of anilines is 1. The van der Waals surface area contributed by atoms with Crippen molar-refractivity contribution in [1.82, 2.24) is 9.97 Å². The SMILES string of the molecule is CCCC/C=C(/C#CCN)c1c(C)ncnc1N. The highest BCUT2D eigenvalue weighted by Crippen LogP contribution is 2.22. The summed E-state index contributed by atoms with van der Waals surface area (Å²) in [5.74, 6) is 6.40. The van der Waals surface area contributed by atoms with Crippen LogP contribution in [0.15, 0.2) is 12.4 Å². The fraction of sp³-hybridized carbons (Fsp3) is 0.429. The molecule has 0 amide bonds. The molecule has 0 bridgehead atoms. The van der Waals surface area contributed by atoms with E-state index >= 15 is 0 Å². The van der Waals surface area contributed by atoms with Crippen LogP contribution in [0.2, 0.25) is 0 Å². The van der Waals surface area contributed by atoms with E-state index in [1.54, 1.807) is 0 Å². The Morgan fingerprint density at radius 3 is 2.83 bits per heavy atom. The number of allylic oxidation sites excluding steroid dienone is 2. The summed E-state index contributed by atoms with van der Waals surface area (Å²) in [4.78, 5) is 8.19. The van der Waals surface area contributed by atoms with Crippen LogP contribution in [0, 0.1) is 18.8 Å². The Balaban J connectivity index is 3.13. The summed E-state index contributed by atoms with van der Waals surface area (Å²) in [5.41, 5.74) is 13.9. The first-order chi connectivity index (χ1) is 8.70. The smallest absolute Gasteiger partial charge is 0.135 e. The predicted molar refractivity (Wildman–Crippen MR) is 75.5 cm³/mol. The van der Waals surface area contributed by atoms with E-state index in [-0.39, 0.29) is 0 Å². The Hall–Kier alpha value is -1.86. The zero-order valence-corrected chi connectivity index (χ0v) is 11.0. The summed E-state index contributed by atoms with van der Waals surface area (Å²) in [5, 5.41) is 0. The van der Waals surface area contributed by atoms with Gasteiger partial charge in [-0.25, -0.2) is 9.97 Å². The van der Waals surface area contributed by atoms with Gasteiger partial charge in [0, 0.05) is 5.57 Å². The summed E-state index contributed by atoms with van der Waals surface area (Å²) < 4.78 is 0. The first-order valence-corrected chi connectivity index (χ1v) is 6.17. The van der Waals surface area contributed by atoms with E-state index < -0.39 is 0 Å². The highest BCUT2D eigenvalue weighted by Gasteiger charge is 2.09. The third-order valence-electron chi connectivity index (χ3n) is 2.57. The minimum Gasteiger partial charge on any atom is -0.383 e. The van der Waals surface area contributed by atoms with Crippen LogP contribution in [0.25, 0.3) is 5.57 Å². The average Bonchev–Trinajstić information content (AvgIpc) is 2.35. The van der Waals surface area contributed by atoms with Gasteiger partial charge in [-0.3, -0.25) is 0 Å². The Morgan fingerprint density at radius 1 is 1.44 bits per heavy atom. The third-order valence-corrected chi connectivity index (χ3v) is 2.57. The number of nitrogens with zero attached hydrogens (tertiary/aromatic N) is 2. The maximum Gasteiger partial charge on any atom is 0.135 e. The topological polar surface area (TPSA) is 77.8 Å². The number of hydrogen-bond donors (Lipinski definition) is 2. The monoisotopic (exact) mass is 244 g/mol. The van der Waals surface area contributed by atoms with E-state index in [0.29, 0.717) is 12.4 Å². The molecule has 4 N–H and O–H groups in total. The van der Waals surface area contributed by atoms with Gasteiger partial charge in [-0.2, -0.15) is 0 Å². The van der Waals surface area contributed by atoms with Gasteiger partial charge in [0.25, 0.3) is 0 Å². The molecule has 1 rings (SSSR count). The summed E-state index contributed by atoms with van der Waals surface area (Å²) >= 11 is 0. The Morgan fingerprint density at radius 2 is 2.22 bits per heavy atom. The number of hydrogen-bond acceptors (Lipinski definition) is 4. The lowest BCUT2D eigenvalue weighted by molar-refractivity contribution is 0.816. The minimum absolute atomic E-state index is 0.331. The Labute approximate surface area is 109 Å². The van der Waals surface area contributed by atoms with Crippen LogP contribution >= 0.6 is 0 Å². The third kappa shape index (κ3) is 3.86. The van der Waals surface area contributed by atoms with Gasteiger partial charge in [0.2, 0.25) is 0 Å². The average molecular weight is 244 g/mol. The summed E-state index contributed by atoms with van der Waals surface area (Å²) in [6.45, 7) is 4.40.